The molecule has 0 radical (unpaired) electrons. The first kappa shape index (κ1) is 17.9. The van der Waals surface area contributed by atoms with Crippen LogP contribution in [-0.4, -0.2) is 73.6 Å². The molecule has 1 aromatic carbocycles. The van der Waals surface area contributed by atoms with Crippen LogP contribution >= 0.6 is 0 Å². The molecule has 2 aliphatic heterocycles. The molecule has 1 atom stereocenters. The zero-order valence-electron chi connectivity index (χ0n) is 15.2. The van der Waals surface area contributed by atoms with Gasteiger partial charge >= 0.3 is 0 Å². The Morgan fingerprint density at radius 1 is 1.36 bits per heavy atom. The second-order valence-electron chi connectivity index (χ2n) is 7.47. The predicted octanol–water partition coefficient (Wildman–Crippen LogP) is 1.08. The largest absolute Gasteiger partial charge is 0.378 e. The molecule has 2 heterocycles. The van der Waals surface area contributed by atoms with E-state index in [1.54, 1.807) is 18.0 Å². The van der Waals surface area contributed by atoms with Crippen molar-refractivity contribution in [2.24, 2.45) is 0 Å². The van der Waals surface area contributed by atoms with Crippen molar-refractivity contribution in [3.63, 3.8) is 0 Å². The number of ether oxygens (including phenoxy) is 1. The Kier molecular flexibility index (Phi) is 5.11. The topological polar surface area (TPSA) is 61.9 Å². The number of hydrogen-bond donors (Lipinski definition) is 1. The van der Waals surface area contributed by atoms with Gasteiger partial charge in [-0.05, 0) is 25.5 Å². The van der Waals surface area contributed by atoms with Gasteiger partial charge in [0, 0.05) is 44.3 Å². The van der Waals surface area contributed by atoms with Crippen LogP contribution in [0.15, 0.2) is 24.3 Å². The molecular formula is C19H27N3O3. The van der Waals surface area contributed by atoms with Crippen molar-refractivity contribution in [1.82, 2.24) is 15.1 Å². The highest BCUT2D eigenvalue weighted by Crippen LogP contribution is 2.27. The Hall–Kier alpha value is -1.92. The average molecular weight is 345 g/mol. The zero-order valence-corrected chi connectivity index (χ0v) is 15.2. The molecule has 1 unspecified atom stereocenters. The minimum Gasteiger partial charge on any atom is -0.378 e. The molecule has 6 heteroatoms. The van der Waals surface area contributed by atoms with Crippen LogP contribution in [0.4, 0.5) is 0 Å². The van der Waals surface area contributed by atoms with Crippen LogP contribution in [0.25, 0.3) is 0 Å². The van der Waals surface area contributed by atoms with E-state index >= 15 is 0 Å². The Morgan fingerprint density at radius 3 is 2.88 bits per heavy atom. The summed E-state index contributed by atoms with van der Waals surface area (Å²) in [6, 6.07) is 7.40. The van der Waals surface area contributed by atoms with E-state index in [0.29, 0.717) is 25.3 Å². The second kappa shape index (κ2) is 7.14. The summed E-state index contributed by atoms with van der Waals surface area (Å²) >= 11 is 0. The molecule has 136 valence electrons. The first-order valence-corrected chi connectivity index (χ1v) is 8.85. The number of carbonyl (C=O) groups is 2. The lowest BCUT2D eigenvalue weighted by Crippen LogP contribution is -2.55. The Balaban J connectivity index is 1.62. The number of fused-ring (bicyclic) bond motifs is 1. The van der Waals surface area contributed by atoms with Crippen LogP contribution in [0.1, 0.15) is 35.7 Å². The van der Waals surface area contributed by atoms with Gasteiger partial charge in [-0.25, -0.2) is 0 Å². The molecule has 0 aliphatic carbocycles. The van der Waals surface area contributed by atoms with Gasteiger partial charge in [0.2, 0.25) is 5.91 Å². The lowest BCUT2D eigenvalue weighted by molar-refractivity contribution is -0.123. The Labute approximate surface area is 149 Å². The van der Waals surface area contributed by atoms with Crippen LogP contribution in [0.2, 0.25) is 0 Å². The molecule has 6 nitrogen and oxygen atoms in total. The van der Waals surface area contributed by atoms with E-state index in [0.717, 1.165) is 25.3 Å². The minimum atomic E-state index is -0.309. The van der Waals surface area contributed by atoms with E-state index in [9.17, 15) is 9.59 Å². The van der Waals surface area contributed by atoms with Gasteiger partial charge in [-0.2, -0.15) is 0 Å². The number of nitrogens with one attached hydrogen (secondary N) is 1. The highest BCUT2D eigenvalue weighted by atomic mass is 16.5. The van der Waals surface area contributed by atoms with E-state index < -0.39 is 0 Å². The molecule has 0 bridgehead atoms. The Bertz CT molecular complexity index is 659. The van der Waals surface area contributed by atoms with Crippen LogP contribution in [0.3, 0.4) is 0 Å². The summed E-state index contributed by atoms with van der Waals surface area (Å²) in [6.07, 6.45) is 0. The van der Waals surface area contributed by atoms with Gasteiger partial charge in [0.05, 0.1) is 19.1 Å². The lowest BCUT2D eigenvalue weighted by Gasteiger charge is -2.42. The standard InChI is InChI=1S/C19H27N3O3/c1-19(2)13-25-11-10-22(19)9-8-20-17(23)16-12-21(3)18(24)15-7-5-4-6-14(15)16/h4-7,16H,8-13H2,1-3H3,(H,20,23). The van der Waals surface area contributed by atoms with Gasteiger partial charge < -0.3 is 15.0 Å². The number of morpholine rings is 1. The third-order valence-corrected chi connectivity index (χ3v) is 5.18. The third kappa shape index (κ3) is 3.70. The summed E-state index contributed by atoms with van der Waals surface area (Å²) in [6.45, 7) is 8.46. The minimum absolute atomic E-state index is 0.00689. The van der Waals surface area contributed by atoms with Crippen molar-refractivity contribution in [3.05, 3.63) is 35.4 Å². The highest BCUT2D eigenvalue weighted by Gasteiger charge is 2.34. The van der Waals surface area contributed by atoms with Crippen molar-refractivity contribution in [2.75, 3.05) is 46.4 Å². The normalized spacial score (nSPS) is 23.2. The summed E-state index contributed by atoms with van der Waals surface area (Å²) in [5.41, 5.74) is 1.45. The summed E-state index contributed by atoms with van der Waals surface area (Å²) in [4.78, 5) is 28.9. The highest BCUT2D eigenvalue weighted by molar-refractivity contribution is 6.00. The molecule has 2 aliphatic rings. The average Bonchev–Trinajstić information content (AvgIpc) is 2.59. The third-order valence-electron chi connectivity index (χ3n) is 5.18. The molecular weight excluding hydrogens is 318 g/mol. The predicted molar refractivity (Wildman–Crippen MR) is 95.6 cm³/mol. The van der Waals surface area contributed by atoms with Crippen LogP contribution in [0.5, 0.6) is 0 Å². The van der Waals surface area contributed by atoms with Gasteiger partial charge in [-0.3, -0.25) is 14.5 Å². The molecule has 1 fully saturated rings. The van der Waals surface area contributed by atoms with Crippen molar-refractivity contribution in [1.29, 1.82) is 0 Å². The maximum absolute atomic E-state index is 12.7. The van der Waals surface area contributed by atoms with E-state index in [-0.39, 0.29) is 23.3 Å². The van der Waals surface area contributed by atoms with Gasteiger partial charge in [-0.15, -0.1) is 0 Å². The fourth-order valence-electron chi connectivity index (χ4n) is 3.62. The molecule has 3 rings (SSSR count). The SMILES string of the molecule is CN1CC(C(=O)NCCN2CCOCC2(C)C)c2ccccc2C1=O. The number of hydrogen-bond acceptors (Lipinski definition) is 4. The molecule has 0 aromatic heterocycles. The van der Waals surface area contributed by atoms with E-state index in [4.69, 9.17) is 4.74 Å². The number of nitrogens with zero attached hydrogens (tertiary/aromatic N) is 2. The quantitative estimate of drug-likeness (QED) is 0.887. The number of benzene rings is 1. The molecule has 1 saturated heterocycles. The first-order valence-electron chi connectivity index (χ1n) is 8.85. The van der Waals surface area contributed by atoms with Crippen molar-refractivity contribution < 1.29 is 14.3 Å². The smallest absolute Gasteiger partial charge is 0.253 e. The van der Waals surface area contributed by atoms with Gasteiger partial charge in [0.15, 0.2) is 0 Å². The van der Waals surface area contributed by atoms with Crippen LogP contribution in [0, 0.1) is 0 Å². The zero-order chi connectivity index (χ0) is 18.0. The lowest BCUT2D eigenvalue weighted by atomic mass is 9.89. The second-order valence-corrected chi connectivity index (χ2v) is 7.47. The maximum Gasteiger partial charge on any atom is 0.253 e. The van der Waals surface area contributed by atoms with E-state index in [1.165, 1.54) is 0 Å². The molecule has 0 saturated carbocycles. The number of likely N-dealkylation sites (N-methyl/N-ethyl adjacent to an activating group) is 1. The fraction of sp³-hybridized carbons (Fsp3) is 0.579. The summed E-state index contributed by atoms with van der Waals surface area (Å²) < 4.78 is 5.53. The Morgan fingerprint density at radius 2 is 2.12 bits per heavy atom. The molecule has 25 heavy (non-hydrogen) atoms. The molecule has 1 aromatic rings. The summed E-state index contributed by atoms with van der Waals surface area (Å²) in [5.74, 6) is -0.343. The fourth-order valence-corrected chi connectivity index (χ4v) is 3.62. The number of rotatable bonds is 4. The summed E-state index contributed by atoms with van der Waals surface area (Å²) in [7, 11) is 1.74. The number of carbonyl (C=O) groups excluding carboxylic acids is 2. The monoisotopic (exact) mass is 345 g/mol. The van der Waals surface area contributed by atoms with Crippen LogP contribution < -0.4 is 5.32 Å². The van der Waals surface area contributed by atoms with Crippen molar-refractivity contribution in [3.8, 4) is 0 Å². The number of amides is 2. The first-order chi connectivity index (χ1) is 11.9. The van der Waals surface area contributed by atoms with Gasteiger partial charge in [-0.1, -0.05) is 18.2 Å². The summed E-state index contributed by atoms with van der Waals surface area (Å²) in [5, 5.41) is 3.05. The van der Waals surface area contributed by atoms with Crippen molar-refractivity contribution in [2.45, 2.75) is 25.3 Å². The van der Waals surface area contributed by atoms with E-state index in [1.807, 2.05) is 18.2 Å². The molecule has 1 N–H and O–H groups in total. The van der Waals surface area contributed by atoms with Crippen LogP contribution in [-0.2, 0) is 9.53 Å². The van der Waals surface area contributed by atoms with Crippen molar-refractivity contribution >= 4 is 11.8 Å². The van der Waals surface area contributed by atoms with E-state index in [2.05, 4.69) is 24.1 Å². The van der Waals surface area contributed by atoms with Gasteiger partial charge in [0.25, 0.3) is 5.91 Å². The molecule has 0 spiro atoms. The maximum atomic E-state index is 12.7. The van der Waals surface area contributed by atoms with Gasteiger partial charge in [0.1, 0.15) is 0 Å². The molecule has 2 amide bonds.